The Bertz CT molecular complexity index is 1640. The van der Waals surface area contributed by atoms with Gasteiger partial charge in [0.05, 0.1) is 45.3 Å². The number of carbonyl (C=O) groups is 2. The molecule has 1 unspecified atom stereocenters. The van der Waals surface area contributed by atoms with Crippen molar-refractivity contribution >= 4 is 28.8 Å². The first-order valence-corrected chi connectivity index (χ1v) is 15.6. The third-order valence-corrected chi connectivity index (χ3v) is 9.14. The molecule has 3 aromatic carbocycles. The van der Waals surface area contributed by atoms with Gasteiger partial charge in [-0.1, -0.05) is 26.0 Å². The van der Waals surface area contributed by atoms with Gasteiger partial charge in [-0.25, -0.2) is 4.39 Å². The summed E-state index contributed by atoms with van der Waals surface area (Å²) in [6.07, 6.45) is 1.06. The number of nitrogens with one attached hydrogen (secondary N) is 1. The molecular weight excluding hydrogens is 587 g/mol. The summed E-state index contributed by atoms with van der Waals surface area (Å²) in [7, 11) is 4.69. The van der Waals surface area contributed by atoms with E-state index in [2.05, 4.69) is 24.1 Å². The number of benzene rings is 3. The number of piperazine rings is 1. The lowest BCUT2D eigenvalue weighted by molar-refractivity contribution is -0.130. The molecule has 0 radical (unpaired) electrons. The maximum Gasteiger partial charge on any atom is 0.242 e. The molecule has 0 saturated carbocycles. The Hall–Kier alpha value is -4.73. The van der Waals surface area contributed by atoms with Crippen LogP contribution in [0.2, 0.25) is 0 Å². The quantitative estimate of drug-likeness (QED) is 0.351. The van der Waals surface area contributed by atoms with E-state index in [1.807, 2.05) is 46.2 Å². The number of para-hydroxylation sites is 2. The van der Waals surface area contributed by atoms with E-state index in [-0.39, 0.29) is 29.5 Å². The van der Waals surface area contributed by atoms with Crippen LogP contribution in [0.25, 0.3) is 0 Å². The van der Waals surface area contributed by atoms with Crippen molar-refractivity contribution in [3.63, 3.8) is 0 Å². The summed E-state index contributed by atoms with van der Waals surface area (Å²) >= 11 is 0. The van der Waals surface area contributed by atoms with E-state index in [9.17, 15) is 14.0 Å². The molecule has 1 atom stereocenters. The summed E-state index contributed by atoms with van der Waals surface area (Å²) < 4.78 is 30.6. The smallest absolute Gasteiger partial charge is 0.242 e. The molecular formula is C36H41FN4O5. The highest BCUT2D eigenvalue weighted by atomic mass is 19.1. The van der Waals surface area contributed by atoms with Gasteiger partial charge >= 0.3 is 0 Å². The van der Waals surface area contributed by atoms with E-state index < -0.39 is 6.04 Å². The highest BCUT2D eigenvalue weighted by Crippen LogP contribution is 2.50. The number of halogens is 1. The molecule has 2 aliphatic heterocycles. The number of anilines is 3. The van der Waals surface area contributed by atoms with Gasteiger partial charge < -0.3 is 34.2 Å². The molecule has 6 rings (SSSR count). The lowest BCUT2D eigenvalue weighted by Gasteiger charge is -2.40. The SMILES string of the molecule is COc1cc(C2C3=C(CC(C)(C)CC3=O)Nc3ccccc3N2CC(=O)N2CCN(c3ccc(F)cc3)CC2)cc(OC)c1OC. The fourth-order valence-electron chi connectivity index (χ4n) is 6.94. The van der Waals surface area contributed by atoms with Gasteiger partial charge in [0.1, 0.15) is 5.82 Å². The van der Waals surface area contributed by atoms with Crippen molar-refractivity contribution in [1.29, 1.82) is 0 Å². The molecule has 1 aliphatic carbocycles. The van der Waals surface area contributed by atoms with Crippen LogP contribution in [-0.2, 0) is 9.59 Å². The van der Waals surface area contributed by atoms with Gasteiger partial charge in [0.15, 0.2) is 17.3 Å². The number of allylic oxidation sites excluding steroid dienone is 1. The first kappa shape index (κ1) is 31.3. The summed E-state index contributed by atoms with van der Waals surface area (Å²) in [6.45, 7) is 6.58. The number of nitrogens with zero attached hydrogens (tertiary/aromatic N) is 3. The van der Waals surface area contributed by atoms with Crippen molar-refractivity contribution in [2.24, 2.45) is 5.41 Å². The fraction of sp³-hybridized carbons (Fsp3) is 0.389. The number of methoxy groups -OCH3 is 3. The van der Waals surface area contributed by atoms with Gasteiger partial charge in [0.2, 0.25) is 11.7 Å². The number of fused-ring (bicyclic) bond motifs is 1. The minimum Gasteiger partial charge on any atom is -0.493 e. The number of Topliss-reactive ketones (excluding diaryl/α,β-unsaturated/α-hetero) is 1. The minimum atomic E-state index is -0.604. The standard InChI is InChI=1S/C36H41FN4O5/c1-36(2)20-27-33(29(42)21-36)34(23-18-30(44-3)35(46-5)31(19-23)45-4)41(28-9-7-6-8-26(28)38-27)22-32(43)40-16-14-39(15-17-40)25-12-10-24(37)11-13-25/h6-13,18-19,34,38H,14-17,20-22H2,1-5H3. The van der Waals surface area contributed by atoms with Crippen LogP contribution in [0, 0.1) is 11.2 Å². The number of rotatable bonds is 7. The summed E-state index contributed by atoms with van der Waals surface area (Å²) in [6, 6.07) is 17.5. The van der Waals surface area contributed by atoms with E-state index in [1.165, 1.54) is 12.1 Å². The van der Waals surface area contributed by atoms with Gasteiger partial charge in [0.25, 0.3) is 0 Å². The van der Waals surface area contributed by atoms with Gasteiger partial charge in [-0.15, -0.1) is 0 Å². The molecule has 1 fully saturated rings. The minimum absolute atomic E-state index is 0.0377. The monoisotopic (exact) mass is 628 g/mol. The third kappa shape index (κ3) is 5.96. The molecule has 0 spiro atoms. The summed E-state index contributed by atoms with van der Waals surface area (Å²) in [4.78, 5) is 34.4. The second-order valence-corrected chi connectivity index (χ2v) is 12.8. The Morgan fingerprint density at radius 1 is 0.913 bits per heavy atom. The fourth-order valence-corrected chi connectivity index (χ4v) is 6.94. The number of ketones is 1. The van der Waals surface area contributed by atoms with Gasteiger partial charge in [-0.3, -0.25) is 9.59 Å². The van der Waals surface area contributed by atoms with E-state index in [0.717, 1.165) is 28.3 Å². The van der Waals surface area contributed by atoms with Crippen LogP contribution in [0.4, 0.5) is 21.5 Å². The Kier molecular flexibility index (Phi) is 8.55. The molecule has 2 heterocycles. The van der Waals surface area contributed by atoms with Crippen LogP contribution in [0.1, 0.15) is 38.3 Å². The van der Waals surface area contributed by atoms with Crippen LogP contribution in [0.15, 0.2) is 71.9 Å². The van der Waals surface area contributed by atoms with Crippen molar-refractivity contribution in [3.05, 3.63) is 83.3 Å². The second kappa shape index (κ2) is 12.6. The molecule has 1 N–H and O–H groups in total. The van der Waals surface area contributed by atoms with Crippen molar-refractivity contribution in [2.45, 2.75) is 32.7 Å². The molecule has 3 aliphatic rings. The van der Waals surface area contributed by atoms with Crippen molar-refractivity contribution in [1.82, 2.24) is 4.90 Å². The van der Waals surface area contributed by atoms with Crippen LogP contribution < -0.4 is 29.3 Å². The van der Waals surface area contributed by atoms with Gasteiger partial charge in [-0.05, 0) is 65.9 Å². The van der Waals surface area contributed by atoms with Crippen LogP contribution in [0.3, 0.4) is 0 Å². The molecule has 0 aromatic heterocycles. The Labute approximate surface area is 269 Å². The molecule has 3 aromatic rings. The first-order valence-electron chi connectivity index (χ1n) is 15.6. The van der Waals surface area contributed by atoms with E-state index in [4.69, 9.17) is 14.2 Å². The zero-order chi connectivity index (χ0) is 32.6. The average molecular weight is 629 g/mol. The summed E-state index contributed by atoms with van der Waals surface area (Å²) in [5.41, 5.74) is 4.61. The molecule has 46 heavy (non-hydrogen) atoms. The number of hydrogen-bond donors (Lipinski definition) is 1. The largest absolute Gasteiger partial charge is 0.493 e. The maximum absolute atomic E-state index is 14.2. The van der Waals surface area contributed by atoms with Gasteiger partial charge in [-0.2, -0.15) is 0 Å². The van der Waals surface area contributed by atoms with Crippen LogP contribution in [0.5, 0.6) is 17.2 Å². The third-order valence-electron chi connectivity index (χ3n) is 9.14. The number of ether oxygens (including phenoxy) is 3. The van der Waals surface area contributed by atoms with Crippen molar-refractivity contribution in [3.8, 4) is 17.2 Å². The van der Waals surface area contributed by atoms with E-state index in [1.54, 1.807) is 33.5 Å². The Morgan fingerprint density at radius 2 is 1.57 bits per heavy atom. The topological polar surface area (TPSA) is 83.6 Å². The van der Waals surface area contributed by atoms with Crippen LogP contribution >= 0.6 is 0 Å². The summed E-state index contributed by atoms with van der Waals surface area (Å²) in [5, 5.41) is 3.61. The zero-order valence-corrected chi connectivity index (χ0v) is 27.1. The van der Waals surface area contributed by atoms with Crippen molar-refractivity contribution in [2.75, 3.05) is 69.2 Å². The zero-order valence-electron chi connectivity index (χ0n) is 27.1. The van der Waals surface area contributed by atoms with E-state index >= 15 is 0 Å². The molecule has 242 valence electrons. The average Bonchev–Trinajstić information content (AvgIpc) is 3.18. The number of amides is 1. The highest BCUT2D eigenvalue weighted by molar-refractivity contribution is 6.02. The molecule has 0 bridgehead atoms. The van der Waals surface area contributed by atoms with Gasteiger partial charge in [0, 0.05) is 49.6 Å². The second-order valence-electron chi connectivity index (χ2n) is 12.8. The molecule has 1 saturated heterocycles. The lowest BCUT2D eigenvalue weighted by atomic mass is 9.73. The lowest BCUT2D eigenvalue weighted by Crippen LogP contribution is -2.52. The first-order chi connectivity index (χ1) is 22.1. The Morgan fingerprint density at radius 3 is 2.20 bits per heavy atom. The predicted molar refractivity (Wildman–Crippen MR) is 176 cm³/mol. The normalized spacial score (nSPS) is 19.1. The molecule has 1 amide bonds. The Balaban J connectivity index is 1.41. The summed E-state index contributed by atoms with van der Waals surface area (Å²) in [5.74, 6) is 1.11. The van der Waals surface area contributed by atoms with Crippen molar-refractivity contribution < 1.29 is 28.2 Å². The van der Waals surface area contributed by atoms with Crippen LogP contribution in [-0.4, -0.2) is 70.6 Å². The highest BCUT2D eigenvalue weighted by Gasteiger charge is 2.43. The molecule has 10 heteroatoms. The number of hydrogen-bond acceptors (Lipinski definition) is 8. The predicted octanol–water partition coefficient (Wildman–Crippen LogP) is 5.82. The maximum atomic E-state index is 14.2. The number of carbonyl (C=O) groups excluding carboxylic acids is 2. The molecule has 9 nitrogen and oxygen atoms in total. The van der Waals surface area contributed by atoms with E-state index in [0.29, 0.717) is 61.8 Å².